The van der Waals surface area contributed by atoms with Gasteiger partial charge in [-0.05, 0) is 93.9 Å². The van der Waals surface area contributed by atoms with Crippen molar-refractivity contribution < 1.29 is 0 Å². The van der Waals surface area contributed by atoms with Crippen LogP contribution in [-0.4, -0.2) is 29.5 Å². The minimum atomic E-state index is 0.468. The molecule has 0 saturated heterocycles. The lowest BCUT2D eigenvalue weighted by atomic mass is 9.86. The van der Waals surface area contributed by atoms with E-state index in [4.69, 9.17) is 15.0 Å². The van der Waals surface area contributed by atoms with E-state index in [0.717, 1.165) is 55.6 Å². The molecule has 0 aliphatic carbocycles. The van der Waals surface area contributed by atoms with Gasteiger partial charge in [0.25, 0.3) is 0 Å². The second-order valence-corrected chi connectivity index (χ2v) is 14.9. The summed E-state index contributed by atoms with van der Waals surface area (Å²) in [7, 11) is 0. The zero-order chi connectivity index (χ0) is 39.6. The van der Waals surface area contributed by atoms with Gasteiger partial charge in [-0.2, -0.15) is 9.97 Å². The third-order valence-corrected chi connectivity index (χ3v) is 11.5. The molecular formula is C53H33N7. The lowest BCUT2D eigenvalue weighted by molar-refractivity contribution is 0.943. The lowest BCUT2D eigenvalue weighted by Gasteiger charge is -2.34. The van der Waals surface area contributed by atoms with Gasteiger partial charge in [-0.3, -0.25) is 14.5 Å². The summed E-state index contributed by atoms with van der Waals surface area (Å²) in [6.45, 7) is 0. The second kappa shape index (κ2) is 13.7. The van der Waals surface area contributed by atoms with E-state index >= 15 is 0 Å². The molecule has 280 valence electrons. The fourth-order valence-electron chi connectivity index (χ4n) is 8.89. The smallest absolute Gasteiger partial charge is 0.238 e. The van der Waals surface area contributed by atoms with Gasteiger partial charge >= 0.3 is 0 Å². The van der Waals surface area contributed by atoms with Crippen molar-refractivity contribution in [2.75, 3.05) is 4.90 Å². The van der Waals surface area contributed by atoms with Crippen LogP contribution in [0.1, 0.15) is 0 Å². The highest BCUT2D eigenvalue weighted by Crippen LogP contribution is 2.56. The van der Waals surface area contributed by atoms with Crippen LogP contribution in [0, 0.1) is 0 Å². The monoisotopic (exact) mass is 767 g/mol. The molecule has 5 heterocycles. The summed E-state index contributed by atoms with van der Waals surface area (Å²) in [4.78, 5) is 27.1. The number of hydrogen-bond acceptors (Lipinski definition) is 6. The number of pyridine rings is 2. The molecule has 0 atom stereocenters. The minimum absolute atomic E-state index is 0.468. The van der Waals surface area contributed by atoms with E-state index in [-0.39, 0.29) is 0 Å². The zero-order valence-electron chi connectivity index (χ0n) is 32.2. The van der Waals surface area contributed by atoms with Gasteiger partial charge in [0.05, 0.1) is 22.4 Å². The van der Waals surface area contributed by atoms with E-state index < -0.39 is 0 Å². The van der Waals surface area contributed by atoms with Crippen molar-refractivity contribution in [1.82, 2.24) is 29.5 Å². The summed E-state index contributed by atoms with van der Waals surface area (Å²) >= 11 is 0. The number of hydrogen-bond donors (Lipinski definition) is 0. The number of para-hydroxylation sites is 1. The minimum Gasteiger partial charge on any atom is -0.309 e. The predicted molar refractivity (Wildman–Crippen MR) is 243 cm³/mol. The standard InChI is InChI=1S/C53H33N7/c1-4-15-34(16-5-1)36-25-29-45-42(33-36)49-47(60(45)53-57-51(43-22-10-12-31-54-43)56-52(58-53)44-23-11-13-32-55-44)30-28-41-40-27-26-38(35-17-6-2-7-18-35)39-21-14-24-46(48(39)40)59(50(41)49)37-19-8-3-9-20-37/h1-33H. The number of aromatic nitrogens is 6. The highest BCUT2D eigenvalue weighted by Gasteiger charge is 2.31. The number of fused-ring (bicyclic) bond motifs is 6. The third kappa shape index (κ3) is 5.33. The van der Waals surface area contributed by atoms with Gasteiger partial charge < -0.3 is 4.90 Å². The largest absolute Gasteiger partial charge is 0.309 e. The summed E-state index contributed by atoms with van der Waals surface area (Å²) in [5.74, 6) is 1.42. The van der Waals surface area contributed by atoms with Crippen molar-refractivity contribution in [2.45, 2.75) is 0 Å². The molecule has 0 amide bonds. The molecule has 0 saturated carbocycles. The van der Waals surface area contributed by atoms with Crippen molar-refractivity contribution in [3.05, 3.63) is 200 Å². The lowest BCUT2D eigenvalue weighted by Crippen LogP contribution is -2.15. The van der Waals surface area contributed by atoms with E-state index in [9.17, 15) is 0 Å². The van der Waals surface area contributed by atoms with Crippen LogP contribution < -0.4 is 4.90 Å². The summed E-state index contributed by atoms with van der Waals surface area (Å²) in [5, 5.41) is 4.62. The first kappa shape index (κ1) is 33.8. The van der Waals surface area contributed by atoms with Crippen molar-refractivity contribution >= 4 is 49.6 Å². The number of nitrogens with zero attached hydrogens (tertiary/aromatic N) is 7. The highest BCUT2D eigenvalue weighted by atomic mass is 15.2. The molecule has 0 bridgehead atoms. The Bertz CT molecular complexity index is 3350. The van der Waals surface area contributed by atoms with Gasteiger partial charge in [0.2, 0.25) is 5.95 Å². The van der Waals surface area contributed by atoms with Gasteiger partial charge in [-0.1, -0.05) is 127 Å². The van der Waals surface area contributed by atoms with Gasteiger partial charge in [-0.25, -0.2) is 4.98 Å². The maximum Gasteiger partial charge on any atom is 0.238 e. The average Bonchev–Trinajstić information content (AvgIpc) is 3.67. The van der Waals surface area contributed by atoms with Crippen molar-refractivity contribution in [2.24, 2.45) is 0 Å². The summed E-state index contributed by atoms with van der Waals surface area (Å²) < 4.78 is 2.18. The predicted octanol–water partition coefficient (Wildman–Crippen LogP) is 13.0. The Morgan fingerprint density at radius 2 is 1.00 bits per heavy atom. The topological polar surface area (TPSA) is 72.6 Å². The first-order valence-electron chi connectivity index (χ1n) is 20.0. The first-order chi connectivity index (χ1) is 29.8. The van der Waals surface area contributed by atoms with Crippen LogP contribution in [0.15, 0.2) is 200 Å². The van der Waals surface area contributed by atoms with Crippen molar-refractivity contribution in [3.63, 3.8) is 0 Å². The molecule has 7 aromatic carbocycles. The molecule has 11 aromatic rings. The Balaban J connectivity index is 1.21. The van der Waals surface area contributed by atoms with Crippen LogP contribution in [0.5, 0.6) is 0 Å². The quantitative estimate of drug-likeness (QED) is 0.168. The van der Waals surface area contributed by atoms with Crippen LogP contribution in [0.4, 0.5) is 17.1 Å². The fraction of sp³-hybridized carbons (Fsp3) is 0. The molecule has 0 N–H and O–H groups in total. The third-order valence-electron chi connectivity index (χ3n) is 11.5. The van der Waals surface area contributed by atoms with Crippen LogP contribution in [0.3, 0.4) is 0 Å². The van der Waals surface area contributed by atoms with E-state index in [1.807, 2.05) is 36.4 Å². The molecule has 0 radical (unpaired) electrons. The SMILES string of the molecule is c1ccc(-c2ccc3c(c2)c2c4c(ccc2n3-c2nc(-c3ccccn3)nc(-c3ccccn3)n2)-c2ccc(-c3ccccc3)c3cccc(c23)N4c2ccccc2)cc1. The van der Waals surface area contributed by atoms with Crippen molar-refractivity contribution in [3.8, 4) is 62.4 Å². The molecule has 4 aromatic heterocycles. The molecular weight excluding hydrogens is 735 g/mol. The molecule has 60 heavy (non-hydrogen) atoms. The van der Waals surface area contributed by atoms with Gasteiger partial charge in [0.1, 0.15) is 11.4 Å². The zero-order valence-corrected chi connectivity index (χ0v) is 32.2. The number of rotatable bonds is 6. The summed E-state index contributed by atoms with van der Waals surface area (Å²) in [6.07, 6.45) is 3.52. The Kier molecular flexibility index (Phi) is 7.71. The highest BCUT2D eigenvalue weighted by molar-refractivity contribution is 6.26. The Hall–Kier alpha value is -8.29. The van der Waals surface area contributed by atoms with Crippen LogP contribution >= 0.6 is 0 Å². The number of benzene rings is 7. The summed E-state index contributed by atoms with van der Waals surface area (Å²) in [6, 6.07) is 66.0. The van der Waals surface area contributed by atoms with Crippen molar-refractivity contribution in [1.29, 1.82) is 0 Å². The molecule has 0 unspecified atom stereocenters. The Morgan fingerprint density at radius 1 is 0.383 bits per heavy atom. The Labute approximate surface area is 345 Å². The normalized spacial score (nSPS) is 12.0. The van der Waals surface area contributed by atoms with Crippen LogP contribution in [-0.2, 0) is 0 Å². The molecule has 7 nitrogen and oxygen atoms in total. The summed E-state index contributed by atoms with van der Waals surface area (Å²) in [5.41, 5.74) is 13.6. The van der Waals surface area contributed by atoms with Gasteiger partial charge in [0, 0.05) is 39.8 Å². The fourth-order valence-corrected chi connectivity index (χ4v) is 8.89. The van der Waals surface area contributed by atoms with Gasteiger partial charge in [0.15, 0.2) is 11.6 Å². The average molecular weight is 768 g/mol. The van der Waals surface area contributed by atoms with E-state index in [1.54, 1.807) is 12.4 Å². The maximum absolute atomic E-state index is 5.18. The molecule has 7 heteroatoms. The van der Waals surface area contributed by atoms with Crippen LogP contribution in [0.25, 0.3) is 94.9 Å². The van der Waals surface area contributed by atoms with Crippen LogP contribution in [0.2, 0.25) is 0 Å². The molecule has 0 spiro atoms. The molecule has 0 fully saturated rings. The Morgan fingerprint density at radius 3 is 1.68 bits per heavy atom. The molecule has 12 rings (SSSR count). The number of anilines is 3. The molecule has 1 aliphatic heterocycles. The second-order valence-electron chi connectivity index (χ2n) is 14.9. The van der Waals surface area contributed by atoms with E-state index in [2.05, 4.69) is 171 Å². The first-order valence-corrected chi connectivity index (χ1v) is 20.0. The maximum atomic E-state index is 5.18. The molecule has 1 aliphatic rings. The van der Waals surface area contributed by atoms with E-state index in [1.165, 1.54) is 27.5 Å². The van der Waals surface area contributed by atoms with E-state index in [0.29, 0.717) is 29.0 Å². The van der Waals surface area contributed by atoms with Gasteiger partial charge in [-0.15, -0.1) is 0 Å².